The van der Waals surface area contributed by atoms with Gasteiger partial charge >= 0.3 is 5.97 Å². The van der Waals surface area contributed by atoms with Crippen LogP contribution in [-0.2, 0) is 73.6 Å². The Morgan fingerprint density at radius 2 is 1.11 bits per heavy atom. The molecule has 3 heterocycles. The first-order valence-electron chi connectivity index (χ1n) is 39.2. The lowest BCUT2D eigenvalue weighted by molar-refractivity contribution is -0.143. The van der Waals surface area contributed by atoms with E-state index in [1.54, 1.807) is 67.5 Å². The number of imidazole rings is 2. The van der Waals surface area contributed by atoms with Gasteiger partial charge < -0.3 is 95.0 Å². The van der Waals surface area contributed by atoms with E-state index in [2.05, 4.69) is 93.8 Å². The summed E-state index contributed by atoms with van der Waals surface area (Å²) >= 11 is 0. The van der Waals surface area contributed by atoms with Gasteiger partial charge in [-0.3, -0.25) is 48.1 Å². The molecule has 1 saturated heterocycles. The number of aliphatic carboxylic acids is 1. The van der Waals surface area contributed by atoms with Crippen LogP contribution >= 0.6 is 0 Å². The molecule has 1 fully saturated rings. The number of nitroso groups, excluding NO2 is 2. The molecule has 12 atom stereocenters. The second-order valence-electron chi connectivity index (χ2n) is 31.4. The van der Waals surface area contributed by atoms with Crippen molar-refractivity contribution in [2.24, 2.45) is 50.5 Å². The number of guanidine groups is 1. The molecule has 113 heavy (non-hydrogen) atoms. The molecular formula is C78H123N21O14. The minimum Gasteiger partial charge on any atom is -0.508 e. The summed E-state index contributed by atoms with van der Waals surface area (Å²) in [6.45, 7) is 23.1. The fourth-order valence-electron chi connectivity index (χ4n) is 12.9. The van der Waals surface area contributed by atoms with E-state index in [1.165, 1.54) is 42.1 Å². The predicted molar refractivity (Wildman–Crippen MR) is 428 cm³/mol. The lowest BCUT2D eigenvalue weighted by atomic mass is 9.92. The molecule has 9 amide bonds. The number of nitrogens with one attached hydrogen (secondary N) is 13. The molecule has 2 aromatic carbocycles. The summed E-state index contributed by atoms with van der Waals surface area (Å²) in [6, 6.07) is 2.25. The van der Waals surface area contributed by atoms with Crippen molar-refractivity contribution in [2.45, 2.75) is 251 Å². The van der Waals surface area contributed by atoms with E-state index in [1.807, 2.05) is 58.0 Å². The molecular weight excluding hydrogens is 1450 g/mol. The van der Waals surface area contributed by atoms with Gasteiger partial charge in [0.05, 0.1) is 19.2 Å². The number of nitrogens with zero attached hydrogens (tertiary/aromatic N) is 6. The quantitative estimate of drug-likeness (QED) is 0.0131. The summed E-state index contributed by atoms with van der Waals surface area (Å²) in [5.74, 6) is -9.39. The van der Waals surface area contributed by atoms with E-state index in [4.69, 9.17) is 11.5 Å². The number of aromatic hydroxyl groups is 1. The van der Waals surface area contributed by atoms with Gasteiger partial charge in [0.2, 0.25) is 53.2 Å². The number of carboxylic acids is 1. The third-order valence-electron chi connectivity index (χ3n) is 20.9. The zero-order valence-corrected chi connectivity index (χ0v) is 67.4. The first kappa shape index (κ1) is 93.3. The van der Waals surface area contributed by atoms with Gasteiger partial charge in [-0.2, -0.15) is 9.81 Å². The third-order valence-corrected chi connectivity index (χ3v) is 20.9. The number of amides is 9. The van der Waals surface area contributed by atoms with Gasteiger partial charge in [-0.15, -0.1) is 0 Å². The predicted octanol–water partition coefficient (Wildman–Crippen LogP) is 2.68. The van der Waals surface area contributed by atoms with Gasteiger partial charge in [-0.05, 0) is 172 Å². The summed E-state index contributed by atoms with van der Waals surface area (Å²) in [7, 11) is 0. The Hall–Kier alpha value is -10.3. The summed E-state index contributed by atoms with van der Waals surface area (Å²) in [5.41, 5.74) is 12.3. The number of H-pyrrole nitrogens is 2. The monoisotopic (exact) mass is 1580 g/mol. The van der Waals surface area contributed by atoms with Crippen LogP contribution in [0.3, 0.4) is 0 Å². The number of aromatic amines is 2. The van der Waals surface area contributed by atoms with Gasteiger partial charge in [0.1, 0.15) is 72.2 Å². The van der Waals surface area contributed by atoms with Crippen LogP contribution in [0.15, 0.2) is 95.0 Å². The number of benzene rings is 2. The maximum absolute atomic E-state index is 15.2. The highest BCUT2D eigenvalue weighted by atomic mass is 16.4. The highest BCUT2D eigenvalue weighted by Gasteiger charge is 2.42. The number of nitrogens with two attached hydrogens (primary N) is 2. The smallest absolute Gasteiger partial charge is 0.326 e. The third kappa shape index (κ3) is 31.7. The summed E-state index contributed by atoms with van der Waals surface area (Å²) in [5, 5.41) is 59.1. The molecule has 35 heteroatoms. The van der Waals surface area contributed by atoms with Crippen molar-refractivity contribution in [3.05, 3.63) is 112 Å². The molecule has 35 nitrogen and oxygen atoms in total. The van der Waals surface area contributed by atoms with Gasteiger partial charge in [-0.1, -0.05) is 101 Å². The SMILES string of the molecule is CCC(C)[C@H](NC(=O)[C@H](Cc1ccc(O)cc1)NC(=O)[C@@H](NC(=O)[C@H](CCCN=C(N)N)NC(=O)CNCCC(CCNC(C)(C)C(C)N=O)CCNC(C)(C)C(C)N=O)C(C)C)C(=O)N[C@@H](Cc1cnc[nH]1)C(=O)N1CCC[C@H]1C(=O)N[C@@H](CCc1ccccc1)C(=O)N[C@@H](Cc1cnc[nH]1)C(=O)N[C@@H](CC(C)C)C(=O)O. The largest absolute Gasteiger partial charge is 0.508 e. The summed E-state index contributed by atoms with van der Waals surface area (Å²) < 4.78 is 0. The van der Waals surface area contributed by atoms with Crippen molar-refractivity contribution in [1.29, 1.82) is 0 Å². The highest BCUT2D eigenvalue weighted by molar-refractivity contribution is 5.99. The van der Waals surface area contributed by atoms with Crippen LogP contribution in [-0.4, -0.2) is 217 Å². The Bertz CT molecular complexity index is 3680. The number of carboxylic acid groups (broad SMARTS) is 1. The number of rotatable bonds is 52. The number of phenolic OH excluding ortho intramolecular Hbond substituents is 1. The lowest BCUT2D eigenvalue weighted by Crippen LogP contribution is -2.62. The number of aromatic nitrogens is 4. The molecule has 0 spiro atoms. The molecule has 0 aliphatic carbocycles. The topological polar surface area (TPSA) is 527 Å². The van der Waals surface area contributed by atoms with Crippen molar-refractivity contribution < 1.29 is 58.2 Å². The van der Waals surface area contributed by atoms with Gasteiger partial charge in [0.25, 0.3) is 0 Å². The first-order valence-corrected chi connectivity index (χ1v) is 39.2. The number of carbonyl (C=O) groups excluding carboxylic acids is 9. The maximum atomic E-state index is 15.2. The van der Waals surface area contributed by atoms with Crippen LogP contribution < -0.4 is 70.0 Å². The zero-order valence-electron chi connectivity index (χ0n) is 67.4. The average Bonchev–Trinajstić information content (AvgIpc) is 1.74. The molecule has 3 unspecified atom stereocenters. The Kier molecular flexibility index (Phi) is 38.5. The minimum atomic E-state index is -1.45. The van der Waals surface area contributed by atoms with E-state index in [0.29, 0.717) is 68.7 Å². The van der Waals surface area contributed by atoms with E-state index < -0.39 is 149 Å². The van der Waals surface area contributed by atoms with Gasteiger partial charge in [0.15, 0.2) is 5.96 Å². The van der Waals surface area contributed by atoms with Crippen molar-refractivity contribution in [1.82, 2.24) is 83.3 Å². The molecule has 4 aromatic rings. The molecule has 0 saturated carbocycles. The van der Waals surface area contributed by atoms with Crippen molar-refractivity contribution >= 4 is 65.1 Å². The standard InChI is InChI=1S/C78H123N21O14/c1-13-48(6)66(73(108)93-61(40-55-42-83-45-86-55)74(109)99-36-18-22-63(99)71(106)90-58(28-25-51-19-15-14-16-20-51)67(102)91-60(39-54-41-82-44-85-54)69(104)94-62(75(110)111)37-46(2)3)96-70(105)59(38-53-23-26-56(100)27-24-53)92-72(107)65(47(4)5)95-68(103)57(21-17-32-84-76(79)80)89-64(101)43-81-33-29-52(30-34-87-77(9,10)49(7)97-112)31-35-88-78(11,12)50(8)98-113/h14-16,19-20,23-24,26-27,41-42,44-50,52,57-63,65-66,81,87-88,100H,13,17-18,21-22,25,28-40,43H2,1-12H3,(H,82,85)(H,83,86)(H,89,101)(H,90,106)(H,91,102)(H,92,107)(H,93,108)(H,94,104)(H,95,103)(H,96,105)(H,110,111)(H4,79,80,84)/t48?,49?,50?,52?,57-,58-,59-,60-,61-,62-,63-,65-,66-/m0/s1. The number of likely N-dealkylation sites (tertiary alicyclic amines) is 1. The van der Waals surface area contributed by atoms with Crippen molar-refractivity contribution in [3.63, 3.8) is 0 Å². The van der Waals surface area contributed by atoms with Crippen molar-refractivity contribution in [2.75, 3.05) is 39.3 Å². The van der Waals surface area contributed by atoms with E-state index >= 15 is 14.4 Å². The van der Waals surface area contributed by atoms with Crippen LogP contribution in [0, 0.1) is 33.5 Å². The molecule has 2 aromatic heterocycles. The number of aryl methyl sites for hydroxylation is 1. The molecule has 0 radical (unpaired) electrons. The fraction of sp³-hybridized carbons (Fsp3) is 0.628. The lowest BCUT2D eigenvalue weighted by Gasteiger charge is -2.32. The Balaban J connectivity index is 1.36. The van der Waals surface area contributed by atoms with Crippen LogP contribution in [0.25, 0.3) is 0 Å². The normalized spacial score (nSPS) is 16.2. The van der Waals surface area contributed by atoms with Crippen LogP contribution in [0.4, 0.5) is 0 Å². The van der Waals surface area contributed by atoms with Crippen molar-refractivity contribution in [3.8, 4) is 5.75 Å². The minimum absolute atomic E-state index is 0.0299. The molecule has 1 aliphatic heterocycles. The molecule has 1 aliphatic rings. The molecule has 19 N–H and O–H groups in total. The number of hydrogen-bond donors (Lipinski definition) is 17. The van der Waals surface area contributed by atoms with E-state index in [-0.39, 0.29) is 101 Å². The number of aliphatic imine (C=N–C) groups is 1. The fourth-order valence-corrected chi connectivity index (χ4v) is 12.9. The average molecular weight is 1580 g/mol. The Morgan fingerprint density at radius 3 is 1.65 bits per heavy atom. The van der Waals surface area contributed by atoms with Crippen LogP contribution in [0.2, 0.25) is 0 Å². The molecule has 624 valence electrons. The summed E-state index contributed by atoms with van der Waals surface area (Å²) in [6.07, 6.45) is 8.78. The zero-order chi connectivity index (χ0) is 83.5. The highest BCUT2D eigenvalue weighted by Crippen LogP contribution is 2.24. The Morgan fingerprint density at radius 1 is 0.593 bits per heavy atom. The second kappa shape index (κ2) is 46.6. The second-order valence-corrected chi connectivity index (χ2v) is 31.4. The summed E-state index contributed by atoms with van der Waals surface area (Å²) in [4.78, 5) is 187. The van der Waals surface area contributed by atoms with Crippen LogP contribution in [0.1, 0.15) is 170 Å². The van der Waals surface area contributed by atoms with E-state index in [0.717, 1.165) is 5.56 Å². The first-order chi connectivity index (χ1) is 53.6. The Labute approximate surface area is 661 Å². The maximum Gasteiger partial charge on any atom is 0.326 e. The van der Waals surface area contributed by atoms with E-state index in [9.17, 15) is 53.6 Å². The van der Waals surface area contributed by atoms with Gasteiger partial charge in [0, 0.05) is 67.2 Å². The number of phenols is 1. The van der Waals surface area contributed by atoms with Crippen LogP contribution in [0.5, 0.6) is 5.75 Å². The van der Waals surface area contributed by atoms with Gasteiger partial charge in [-0.25, -0.2) is 14.8 Å². The molecule has 0 bridgehead atoms. The molecule has 5 rings (SSSR count). The number of carbonyl (C=O) groups is 10. The number of hydrogen-bond acceptors (Lipinski definition) is 21.